The standard InChI is InChI=1S/C15H15N3O2/c1-9(19)10-2-5-12(6-3-10)18-15(20)13-7-4-11(16)8-14(13)17/h2-8H,16-17H2,1H3,(H,18,20). The van der Waals surface area contributed by atoms with Crippen LogP contribution in [0.1, 0.15) is 27.6 Å². The van der Waals surface area contributed by atoms with Gasteiger partial charge in [0.25, 0.3) is 5.91 Å². The number of anilines is 3. The maximum absolute atomic E-state index is 12.1. The molecule has 2 aromatic rings. The number of nitrogen functional groups attached to an aromatic ring is 2. The molecule has 2 rings (SSSR count). The number of nitrogens with two attached hydrogens (primary N) is 2. The van der Waals surface area contributed by atoms with Crippen LogP contribution >= 0.6 is 0 Å². The van der Waals surface area contributed by atoms with Gasteiger partial charge in [-0.15, -0.1) is 0 Å². The van der Waals surface area contributed by atoms with Crippen LogP contribution in [0, 0.1) is 0 Å². The molecule has 0 saturated carbocycles. The Morgan fingerprint density at radius 3 is 2.20 bits per heavy atom. The lowest BCUT2D eigenvalue weighted by Crippen LogP contribution is -2.14. The highest BCUT2D eigenvalue weighted by Crippen LogP contribution is 2.18. The van der Waals surface area contributed by atoms with Gasteiger partial charge in [-0.1, -0.05) is 0 Å². The number of hydrogen-bond donors (Lipinski definition) is 3. The van der Waals surface area contributed by atoms with E-state index in [0.717, 1.165) is 0 Å². The first-order valence-electron chi connectivity index (χ1n) is 6.04. The van der Waals surface area contributed by atoms with E-state index in [1.165, 1.54) is 13.0 Å². The molecule has 5 heteroatoms. The molecule has 5 N–H and O–H groups in total. The molecule has 0 atom stereocenters. The highest BCUT2D eigenvalue weighted by Gasteiger charge is 2.10. The van der Waals surface area contributed by atoms with Gasteiger partial charge < -0.3 is 16.8 Å². The summed E-state index contributed by atoms with van der Waals surface area (Å²) in [7, 11) is 0. The second-order valence-corrected chi connectivity index (χ2v) is 4.43. The van der Waals surface area contributed by atoms with Crippen molar-refractivity contribution in [2.75, 3.05) is 16.8 Å². The fourth-order valence-electron chi connectivity index (χ4n) is 1.77. The Kier molecular flexibility index (Phi) is 3.70. The molecular formula is C15H15N3O2. The van der Waals surface area contributed by atoms with Gasteiger partial charge in [-0.25, -0.2) is 0 Å². The monoisotopic (exact) mass is 269 g/mol. The van der Waals surface area contributed by atoms with Crippen molar-refractivity contribution >= 4 is 28.8 Å². The molecule has 0 saturated heterocycles. The number of rotatable bonds is 3. The smallest absolute Gasteiger partial charge is 0.257 e. The lowest BCUT2D eigenvalue weighted by molar-refractivity contribution is 0.101. The van der Waals surface area contributed by atoms with Crippen LogP contribution in [0.4, 0.5) is 17.1 Å². The average Bonchev–Trinajstić information content (AvgIpc) is 2.39. The van der Waals surface area contributed by atoms with Crippen molar-refractivity contribution < 1.29 is 9.59 Å². The van der Waals surface area contributed by atoms with E-state index in [1.54, 1.807) is 36.4 Å². The fraction of sp³-hybridized carbons (Fsp3) is 0.0667. The quantitative estimate of drug-likeness (QED) is 0.588. The molecule has 0 aromatic heterocycles. The van der Waals surface area contributed by atoms with Crippen molar-refractivity contribution in [1.29, 1.82) is 0 Å². The minimum Gasteiger partial charge on any atom is -0.399 e. The SMILES string of the molecule is CC(=O)c1ccc(NC(=O)c2ccc(N)cc2N)cc1. The van der Waals surface area contributed by atoms with E-state index in [1.807, 2.05) is 0 Å². The summed E-state index contributed by atoms with van der Waals surface area (Å²) in [5.41, 5.74) is 13.7. The Balaban J connectivity index is 2.17. The molecule has 2 aromatic carbocycles. The number of benzene rings is 2. The van der Waals surface area contributed by atoms with Crippen molar-refractivity contribution in [2.45, 2.75) is 6.92 Å². The molecule has 0 radical (unpaired) electrons. The first-order chi connectivity index (χ1) is 9.47. The summed E-state index contributed by atoms with van der Waals surface area (Å²) in [6.07, 6.45) is 0. The molecule has 102 valence electrons. The van der Waals surface area contributed by atoms with E-state index in [-0.39, 0.29) is 11.7 Å². The summed E-state index contributed by atoms with van der Waals surface area (Å²) in [6, 6.07) is 11.4. The number of amides is 1. The molecule has 0 aliphatic rings. The zero-order chi connectivity index (χ0) is 14.7. The summed E-state index contributed by atoms with van der Waals surface area (Å²) in [5.74, 6) is -0.344. The molecule has 0 spiro atoms. The van der Waals surface area contributed by atoms with E-state index >= 15 is 0 Å². The van der Waals surface area contributed by atoms with Crippen LogP contribution in [0.5, 0.6) is 0 Å². The molecule has 0 aliphatic carbocycles. The third kappa shape index (κ3) is 2.95. The zero-order valence-corrected chi connectivity index (χ0v) is 11.0. The third-order valence-electron chi connectivity index (χ3n) is 2.87. The van der Waals surface area contributed by atoms with Crippen molar-refractivity contribution in [2.24, 2.45) is 0 Å². The van der Waals surface area contributed by atoms with Gasteiger partial charge in [0.1, 0.15) is 0 Å². The summed E-state index contributed by atoms with van der Waals surface area (Å²) in [4.78, 5) is 23.2. The minimum absolute atomic E-state index is 0.0225. The molecule has 20 heavy (non-hydrogen) atoms. The number of hydrogen-bond acceptors (Lipinski definition) is 4. The van der Waals surface area contributed by atoms with Crippen molar-refractivity contribution in [1.82, 2.24) is 0 Å². The maximum atomic E-state index is 12.1. The highest BCUT2D eigenvalue weighted by molar-refractivity contribution is 6.08. The average molecular weight is 269 g/mol. The zero-order valence-electron chi connectivity index (χ0n) is 11.0. The molecular weight excluding hydrogens is 254 g/mol. The summed E-state index contributed by atoms with van der Waals surface area (Å²) < 4.78 is 0. The van der Waals surface area contributed by atoms with E-state index in [9.17, 15) is 9.59 Å². The van der Waals surface area contributed by atoms with Gasteiger partial charge in [-0.3, -0.25) is 9.59 Å². The van der Waals surface area contributed by atoms with Crippen molar-refractivity contribution in [3.63, 3.8) is 0 Å². The lowest BCUT2D eigenvalue weighted by Gasteiger charge is -2.08. The van der Waals surface area contributed by atoms with Crippen LogP contribution < -0.4 is 16.8 Å². The molecule has 0 heterocycles. The number of carbonyl (C=O) groups is 2. The molecule has 1 amide bonds. The van der Waals surface area contributed by atoms with Gasteiger partial charge >= 0.3 is 0 Å². The predicted octanol–water partition coefficient (Wildman–Crippen LogP) is 2.31. The van der Waals surface area contributed by atoms with Gasteiger partial charge in [0.05, 0.1) is 5.56 Å². The first-order valence-corrected chi connectivity index (χ1v) is 6.04. The number of Topliss-reactive ketones (excluding diaryl/α,β-unsaturated/α-hetero) is 1. The van der Waals surface area contributed by atoms with E-state index in [0.29, 0.717) is 28.2 Å². The Bertz CT molecular complexity index is 663. The van der Waals surface area contributed by atoms with Crippen LogP contribution in [-0.4, -0.2) is 11.7 Å². The van der Waals surface area contributed by atoms with Crippen molar-refractivity contribution in [3.05, 3.63) is 53.6 Å². The molecule has 0 aliphatic heterocycles. The van der Waals surface area contributed by atoms with Crippen LogP contribution in [0.15, 0.2) is 42.5 Å². The minimum atomic E-state index is -0.321. The van der Waals surface area contributed by atoms with Crippen LogP contribution in [0.25, 0.3) is 0 Å². The fourth-order valence-corrected chi connectivity index (χ4v) is 1.77. The Morgan fingerprint density at radius 1 is 1.00 bits per heavy atom. The molecule has 5 nitrogen and oxygen atoms in total. The molecule has 0 unspecified atom stereocenters. The topological polar surface area (TPSA) is 98.2 Å². The first kappa shape index (κ1) is 13.6. The van der Waals surface area contributed by atoms with Gasteiger partial charge in [0, 0.05) is 22.6 Å². The maximum Gasteiger partial charge on any atom is 0.257 e. The van der Waals surface area contributed by atoms with Crippen LogP contribution in [0.2, 0.25) is 0 Å². The Morgan fingerprint density at radius 2 is 1.65 bits per heavy atom. The van der Waals surface area contributed by atoms with Gasteiger partial charge in [0.15, 0.2) is 5.78 Å². The van der Waals surface area contributed by atoms with Crippen LogP contribution in [0.3, 0.4) is 0 Å². The number of carbonyl (C=O) groups excluding carboxylic acids is 2. The molecule has 0 bridgehead atoms. The summed E-state index contributed by atoms with van der Waals surface area (Å²) in [6.45, 7) is 1.49. The second kappa shape index (κ2) is 5.44. The Labute approximate surface area is 116 Å². The normalized spacial score (nSPS) is 10.1. The number of nitrogens with one attached hydrogen (secondary N) is 1. The largest absolute Gasteiger partial charge is 0.399 e. The van der Waals surface area contributed by atoms with Gasteiger partial charge in [0.2, 0.25) is 0 Å². The van der Waals surface area contributed by atoms with Gasteiger partial charge in [-0.2, -0.15) is 0 Å². The number of ketones is 1. The lowest BCUT2D eigenvalue weighted by atomic mass is 10.1. The van der Waals surface area contributed by atoms with E-state index in [4.69, 9.17) is 11.5 Å². The summed E-state index contributed by atoms with van der Waals surface area (Å²) in [5, 5.41) is 2.71. The van der Waals surface area contributed by atoms with E-state index < -0.39 is 0 Å². The van der Waals surface area contributed by atoms with Gasteiger partial charge in [-0.05, 0) is 49.4 Å². The highest BCUT2D eigenvalue weighted by atomic mass is 16.1. The van der Waals surface area contributed by atoms with Crippen molar-refractivity contribution in [3.8, 4) is 0 Å². The third-order valence-corrected chi connectivity index (χ3v) is 2.87. The summed E-state index contributed by atoms with van der Waals surface area (Å²) >= 11 is 0. The van der Waals surface area contributed by atoms with E-state index in [2.05, 4.69) is 5.32 Å². The predicted molar refractivity (Wildman–Crippen MR) is 79.7 cm³/mol. The van der Waals surface area contributed by atoms with Crippen LogP contribution in [-0.2, 0) is 0 Å². The molecule has 0 fully saturated rings. The Hall–Kier alpha value is -2.82. The second-order valence-electron chi connectivity index (χ2n) is 4.43.